The van der Waals surface area contributed by atoms with E-state index in [1.807, 2.05) is 0 Å². The fourth-order valence-electron chi connectivity index (χ4n) is 2.24. The lowest BCUT2D eigenvalue weighted by molar-refractivity contribution is -0.122. The molecule has 1 amide bonds. The fourth-order valence-corrected chi connectivity index (χ4v) is 2.24. The van der Waals surface area contributed by atoms with Gasteiger partial charge in [0.05, 0.1) is 0 Å². The van der Waals surface area contributed by atoms with Gasteiger partial charge in [0.15, 0.2) is 0 Å². The van der Waals surface area contributed by atoms with Crippen LogP contribution in [0.25, 0.3) is 0 Å². The van der Waals surface area contributed by atoms with Gasteiger partial charge < -0.3 is 10.4 Å². The zero-order valence-corrected chi connectivity index (χ0v) is 10.5. The highest BCUT2D eigenvalue weighted by molar-refractivity contribution is 5.76. The van der Waals surface area contributed by atoms with Crippen LogP contribution in [0.2, 0.25) is 0 Å². The predicted molar refractivity (Wildman–Crippen MR) is 65.0 cm³/mol. The molecule has 16 heavy (non-hydrogen) atoms. The Bertz CT molecular complexity index is 214. The summed E-state index contributed by atoms with van der Waals surface area (Å²) in [4.78, 5) is 11.8. The second-order valence-electron chi connectivity index (χ2n) is 5.12. The Morgan fingerprint density at radius 2 is 2.12 bits per heavy atom. The van der Waals surface area contributed by atoms with Gasteiger partial charge in [-0.25, -0.2) is 0 Å². The first-order valence-electron chi connectivity index (χ1n) is 6.57. The van der Waals surface area contributed by atoms with E-state index in [0.29, 0.717) is 24.7 Å². The third-order valence-corrected chi connectivity index (χ3v) is 3.29. The van der Waals surface area contributed by atoms with E-state index in [0.717, 1.165) is 12.8 Å². The van der Waals surface area contributed by atoms with Crippen LogP contribution >= 0.6 is 0 Å². The molecule has 0 aromatic heterocycles. The number of hydrogen-bond donors (Lipinski definition) is 2. The van der Waals surface area contributed by atoms with Crippen molar-refractivity contribution in [2.24, 2.45) is 11.8 Å². The number of carbonyl (C=O) groups excluding carboxylic acids is 1. The van der Waals surface area contributed by atoms with E-state index in [-0.39, 0.29) is 18.6 Å². The van der Waals surface area contributed by atoms with Crippen LogP contribution in [0.15, 0.2) is 0 Å². The van der Waals surface area contributed by atoms with E-state index in [2.05, 4.69) is 19.2 Å². The Balaban J connectivity index is 2.24. The monoisotopic (exact) mass is 227 g/mol. The Hall–Kier alpha value is -0.570. The lowest BCUT2D eigenvalue weighted by atomic mass is 10.0. The standard InChI is InChI=1S/C13H25NO2/c1-3-4-10(2)9-13(16)14-12(7-8-15)11-5-6-11/h10-12,15H,3-9H2,1-2H3,(H,14,16). The maximum absolute atomic E-state index is 11.8. The molecule has 0 aromatic rings. The predicted octanol–water partition coefficient (Wildman–Crippen LogP) is 2.09. The van der Waals surface area contributed by atoms with Crippen molar-refractivity contribution in [3.63, 3.8) is 0 Å². The number of carbonyl (C=O) groups is 1. The molecule has 3 nitrogen and oxygen atoms in total. The van der Waals surface area contributed by atoms with Crippen LogP contribution in [0.5, 0.6) is 0 Å². The number of nitrogens with one attached hydrogen (secondary N) is 1. The SMILES string of the molecule is CCCC(C)CC(=O)NC(CCO)C1CC1. The molecule has 1 aliphatic carbocycles. The van der Waals surface area contributed by atoms with Gasteiger partial charge in [0.1, 0.15) is 0 Å². The highest BCUT2D eigenvalue weighted by Crippen LogP contribution is 2.34. The maximum atomic E-state index is 11.8. The van der Waals surface area contributed by atoms with Crippen molar-refractivity contribution in [1.29, 1.82) is 0 Å². The first-order chi connectivity index (χ1) is 7.67. The average Bonchev–Trinajstić information content (AvgIpc) is 3.00. The van der Waals surface area contributed by atoms with Gasteiger partial charge in [-0.15, -0.1) is 0 Å². The van der Waals surface area contributed by atoms with Crippen molar-refractivity contribution in [3.8, 4) is 0 Å². The summed E-state index contributed by atoms with van der Waals surface area (Å²) in [5.41, 5.74) is 0. The molecule has 0 saturated heterocycles. The lowest BCUT2D eigenvalue weighted by Crippen LogP contribution is -2.37. The van der Waals surface area contributed by atoms with Crippen LogP contribution in [0.3, 0.4) is 0 Å². The third-order valence-electron chi connectivity index (χ3n) is 3.29. The quantitative estimate of drug-likeness (QED) is 0.667. The van der Waals surface area contributed by atoms with Crippen molar-refractivity contribution in [2.75, 3.05) is 6.61 Å². The van der Waals surface area contributed by atoms with Crippen LogP contribution in [0, 0.1) is 11.8 Å². The van der Waals surface area contributed by atoms with Crippen LogP contribution < -0.4 is 5.32 Å². The van der Waals surface area contributed by atoms with Crippen LogP contribution in [0.1, 0.15) is 52.4 Å². The normalized spacial score (nSPS) is 19.2. The molecule has 1 saturated carbocycles. The Kier molecular flexibility index (Phi) is 5.81. The van der Waals surface area contributed by atoms with Crippen LogP contribution in [0.4, 0.5) is 0 Å². The second-order valence-corrected chi connectivity index (χ2v) is 5.12. The fraction of sp³-hybridized carbons (Fsp3) is 0.923. The maximum Gasteiger partial charge on any atom is 0.220 e. The van der Waals surface area contributed by atoms with Crippen molar-refractivity contribution < 1.29 is 9.90 Å². The van der Waals surface area contributed by atoms with Crippen molar-refractivity contribution in [1.82, 2.24) is 5.32 Å². The zero-order valence-electron chi connectivity index (χ0n) is 10.5. The van der Waals surface area contributed by atoms with Crippen molar-refractivity contribution in [3.05, 3.63) is 0 Å². The Labute approximate surface area is 98.6 Å². The van der Waals surface area contributed by atoms with Crippen LogP contribution in [-0.2, 0) is 4.79 Å². The molecule has 0 aliphatic heterocycles. The molecule has 2 atom stereocenters. The average molecular weight is 227 g/mol. The molecule has 2 N–H and O–H groups in total. The first kappa shape index (κ1) is 13.5. The number of aliphatic hydroxyl groups is 1. The summed E-state index contributed by atoms with van der Waals surface area (Å²) in [5.74, 6) is 1.25. The van der Waals surface area contributed by atoms with Gasteiger partial charge in [-0.2, -0.15) is 0 Å². The molecule has 1 rings (SSSR count). The van der Waals surface area contributed by atoms with Gasteiger partial charge in [0.2, 0.25) is 5.91 Å². The Morgan fingerprint density at radius 3 is 2.62 bits per heavy atom. The number of hydrogen-bond acceptors (Lipinski definition) is 2. The van der Waals surface area contributed by atoms with Gasteiger partial charge in [-0.05, 0) is 31.1 Å². The number of amides is 1. The van der Waals surface area contributed by atoms with E-state index in [4.69, 9.17) is 5.11 Å². The summed E-state index contributed by atoms with van der Waals surface area (Å²) in [6.45, 7) is 4.44. The highest BCUT2D eigenvalue weighted by atomic mass is 16.3. The molecule has 0 heterocycles. The van der Waals surface area contributed by atoms with Gasteiger partial charge in [0.25, 0.3) is 0 Å². The second kappa shape index (κ2) is 6.89. The molecule has 3 heteroatoms. The first-order valence-corrected chi connectivity index (χ1v) is 6.57. The summed E-state index contributed by atoms with van der Waals surface area (Å²) >= 11 is 0. The minimum Gasteiger partial charge on any atom is -0.396 e. The summed E-state index contributed by atoms with van der Waals surface area (Å²) in [6, 6.07) is 0.214. The molecular formula is C13H25NO2. The zero-order chi connectivity index (χ0) is 12.0. The van der Waals surface area contributed by atoms with E-state index in [1.165, 1.54) is 12.8 Å². The number of aliphatic hydroxyl groups excluding tert-OH is 1. The lowest BCUT2D eigenvalue weighted by Gasteiger charge is -2.18. The van der Waals surface area contributed by atoms with E-state index in [1.54, 1.807) is 0 Å². The molecule has 2 unspecified atom stereocenters. The molecule has 0 radical (unpaired) electrons. The largest absolute Gasteiger partial charge is 0.396 e. The topological polar surface area (TPSA) is 49.3 Å². The summed E-state index contributed by atoms with van der Waals surface area (Å²) < 4.78 is 0. The van der Waals surface area contributed by atoms with Gasteiger partial charge in [0, 0.05) is 19.1 Å². The molecular weight excluding hydrogens is 202 g/mol. The van der Waals surface area contributed by atoms with Gasteiger partial charge >= 0.3 is 0 Å². The molecule has 1 aliphatic rings. The highest BCUT2D eigenvalue weighted by Gasteiger charge is 2.31. The molecule has 0 aromatic carbocycles. The minimum absolute atomic E-state index is 0.159. The van der Waals surface area contributed by atoms with E-state index >= 15 is 0 Å². The van der Waals surface area contributed by atoms with E-state index < -0.39 is 0 Å². The van der Waals surface area contributed by atoms with Crippen molar-refractivity contribution in [2.45, 2.75) is 58.4 Å². The number of rotatable bonds is 8. The van der Waals surface area contributed by atoms with Crippen LogP contribution in [-0.4, -0.2) is 23.7 Å². The summed E-state index contributed by atoms with van der Waals surface area (Å²) in [6.07, 6.45) is 5.99. The minimum atomic E-state index is 0.159. The Morgan fingerprint density at radius 1 is 1.44 bits per heavy atom. The smallest absolute Gasteiger partial charge is 0.220 e. The molecule has 0 spiro atoms. The van der Waals surface area contributed by atoms with Gasteiger partial charge in [-0.3, -0.25) is 4.79 Å². The molecule has 1 fully saturated rings. The summed E-state index contributed by atoms with van der Waals surface area (Å²) in [7, 11) is 0. The summed E-state index contributed by atoms with van der Waals surface area (Å²) in [5, 5.41) is 12.0. The van der Waals surface area contributed by atoms with E-state index in [9.17, 15) is 4.79 Å². The molecule has 0 bridgehead atoms. The molecule has 94 valence electrons. The van der Waals surface area contributed by atoms with Crippen molar-refractivity contribution >= 4 is 5.91 Å². The van der Waals surface area contributed by atoms with Gasteiger partial charge in [-0.1, -0.05) is 26.7 Å². The third kappa shape index (κ3) is 4.97.